The third kappa shape index (κ3) is 3.43. The number of aromatic nitrogens is 2. The Bertz CT molecular complexity index is 946. The maximum atomic E-state index is 13.0. The van der Waals surface area contributed by atoms with Crippen LogP contribution in [0, 0.1) is 0 Å². The molecule has 1 aliphatic heterocycles. The molecule has 0 N–H and O–H groups in total. The zero-order chi connectivity index (χ0) is 18.6. The summed E-state index contributed by atoms with van der Waals surface area (Å²) in [6, 6.07) is 13.6. The highest BCUT2D eigenvalue weighted by Crippen LogP contribution is 2.29. The number of fused-ring (bicyclic) bond motifs is 1. The Balaban J connectivity index is 1.50. The first-order chi connectivity index (χ1) is 13.3. The van der Waals surface area contributed by atoms with E-state index in [-0.39, 0.29) is 5.91 Å². The molecule has 27 heavy (non-hydrogen) atoms. The predicted molar refractivity (Wildman–Crippen MR) is 105 cm³/mol. The average molecular weight is 362 g/mol. The molecule has 138 valence electrons. The number of para-hydroxylation sites is 3. The van der Waals surface area contributed by atoms with Crippen molar-refractivity contribution in [3.8, 4) is 5.75 Å². The minimum Gasteiger partial charge on any atom is -0.492 e. The summed E-state index contributed by atoms with van der Waals surface area (Å²) in [5, 5.41) is 0. The molecule has 0 radical (unpaired) electrons. The molecule has 1 saturated heterocycles. The van der Waals surface area contributed by atoms with Gasteiger partial charge in [-0.1, -0.05) is 18.2 Å². The predicted octanol–water partition coefficient (Wildman–Crippen LogP) is 2.99. The van der Waals surface area contributed by atoms with Crippen LogP contribution in [0.25, 0.3) is 11.0 Å². The summed E-state index contributed by atoms with van der Waals surface area (Å²) in [6.07, 6.45) is 3.27. The maximum Gasteiger partial charge on any atom is 0.256 e. The van der Waals surface area contributed by atoms with Gasteiger partial charge in [-0.3, -0.25) is 14.8 Å². The molecule has 2 aromatic carbocycles. The maximum absolute atomic E-state index is 13.0. The first kappa shape index (κ1) is 17.3. The Kier molecular flexibility index (Phi) is 4.87. The third-order valence-electron chi connectivity index (χ3n) is 4.80. The Morgan fingerprint density at radius 2 is 1.78 bits per heavy atom. The molecule has 6 nitrogen and oxygen atoms in total. The molecular weight excluding hydrogens is 340 g/mol. The van der Waals surface area contributed by atoms with E-state index in [1.807, 2.05) is 48.2 Å². The summed E-state index contributed by atoms with van der Waals surface area (Å²) in [4.78, 5) is 25.9. The van der Waals surface area contributed by atoms with E-state index in [4.69, 9.17) is 4.74 Å². The largest absolute Gasteiger partial charge is 0.492 e. The normalized spacial score (nSPS) is 14.4. The number of nitrogens with zero attached hydrogens (tertiary/aromatic N) is 4. The van der Waals surface area contributed by atoms with Crippen LogP contribution in [0.1, 0.15) is 17.3 Å². The number of ether oxygens (including phenoxy) is 1. The van der Waals surface area contributed by atoms with Gasteiger partial charge in [0, 0.05) is 38.6 Å². The highest BCUT2D eigenvalue weighted by atomic mass is 16.5. The summed E-state index contributed by atoms with van der Waals surface area (Å²) in [7, 11) is 0. The minimum absolute atomic E-state index is 0.0128. The van der Waals surface area contributed by atoms with Crippen LogP contribution < -0.4 is 9.64 Å². The first-order valence-electron chi connectivity index (χ1n) is 9.23. The van der Waals surface area contributed by atoms with Crippen LogP contribution >= 0.6 is 0 Å². The van der Waals surface area contributed by atoms with Crippen molar-refractivity contribution in [1.29, 1.82) is 0 Å². The highest BCUT2D eigenvalue weighted by molar-refractivity contribution is 6.04. The Morgan fingerprint density at radius 3 is 2.59 bits per heavy atom. The second kappa shape index (κ2) is 7.61. The minimum atomic E-state index is 0.0128. The van der Waals surface area contributed by atoms with Gasteiger partial charge < -0.3 is 14.5 Å². The lowest BCUT2D eigenvalue weighted by Gasteiger charge is -2.36. The molecule has 2 heterocycles. The molecule has 0 unspecified atom stereocenters. The number of amides is 1. The molecule has 1 fully saturated rings. The Hall–Kier alpha value is -3.15. The van der Waals surface area contributed by atoms with Gasteiger partial charge in [-0.2, -0.15) is 0 Å². The summed E-state index contributed by atoms with van der Waals surface area (Å²) in [6.45, 7) is 5.49. The van der Waals surface area contributed by atoms with Gasteiger partial charge >= 0.3 is 0 Å². The summed E-state index contributed by atoms with van der Waals surface area (Å²) < 4.78 is 5.74. The fourth-order valence-corrected chi connectivity index (χ4v) is 3.48. The van der Waals surface area contributed by atoms with Crippen molar-refractivity contribution in [2.24, 2.45) is 0 Å². The molecule has 6 heteroatoms. The number of carbonyl (C=O) groups is 1. The molecular formula is C21H22N4O2. The second-order valence-electron chi connectivity index (χ2n) is 6.41. The number of anilines is 1. The van der Waals surface area contributed by atoms with Crippen LogP contribution in [0.2, 0.25) is 0 Å². The molecule has 1 amide bonds. The van der Waals surface area contributed by atoms with Crippen LogP contribution in [-0.4, -0.2) is 53.6 Å². The molecule has 1 aromatic heterocycles. The third-order valence-corrected chi connectivity index (χ3v) is 4.80. The molecule has 1 aliphatic rings. The monoisotopic (exact) mass is 362 g/mol. The van der Waals surface area contributed by atoms with E-state index in [2.05, 4.69) is 20.9 Å². The van der Waals surface area contributed by atoms with Crippen LogP contribution in [0.3, 0.4) is 0 Å². The van der Waals surface area contributed by atoms with Crippen molar-refractivity contribution >= 4 is 22.6 Å². The molecule has 0 spiro atoms. The second-order valence-corrected chi connectivity index (χ2v) is 6.41. The molecule has 0 bridgehead atoms. The average Bonchev–Trinajstić information content (AvgIpc) is 2.74. The summed E-state index contributed by atoms with van der Waals surface area (Å²) >= 11 is 0. The molecule has 0 saturated carbocycles. The van der Waals surface area contributed by atoms with Crippen molar-refractivity contribution in [2.75, 3.05) is 37.7 Å². The van der Waals surface area contributed by atoms with Gasteiger partial charge in [0.25, 0.3) is 5.91 Å². The highest BCUT2D eigenvalue weighted by Gasteiger charge is 2.25. The fraction of sp³-hybridized carbons (Fsp3) is 0.286. The van der Waals surface area contributed by atoms with E-state index in [0.29, 0.717) is 30.8 Å². The van der Waals surface area contributed by atoms with Crippen LogP contribution in [0.15, 0.2) is 54.9 Å². The van der Waals surface area contributed by atoms with Crippen molar-refractivity contribution < 1.29 is 9.53 Å². The lowest BCUT2D eigenvalue weighted by molar-refractivity contribution is 0.0748. The van der Waals surface area contributed by atoms with Crippen molar-refractivity contribution in [3.63, 3.8) is 0 Å². The number of rotatable bonds is 4. The van der Waals surface area contributed by atoms with Gasteiger partial charge in [0.1, 0.15) is 11.3 Å². The molecule has 4 rings (SSSR count). The number of carbonyl (C=O) groups excluding carboxylic acids is 1. The smallest absolute Gasteiger partial charge is 0.256 e. The van der Waals surface area contributed by atoms with E-state index in [9.17, 15) is 4.79 Å². The standard InChI is InChI=1S/C21H22N4O2/c1-2-27-19-9-4-3-8-18(19)24-12-14-25(15-13-24)21(26)16-6-5-7-17-20(16)23-11-10-22-17/h3-11H,2,12-15H2,1H3. The zero-order valence-electron chi connectivity index (χ0n) is 15.3. The van der Waals surface area contributed by atoms with Crippen LogP contribution in [-0.2, 0) is 0 Å². The zero-order valence-corrected chi connectivity index (χ0v) is 15.3. The van der Waals surface area contributed by atoms with Crippen molar-refractivity contribution in [2.45, 2.75) is 6.92 Å². The topological polar surface area (TPSA) is 58.6 Å². The van der Waals surface area contributed by atoms with E-state index >= 15 is 0 Å². The Labute approximate surface area is 158 Å². The molecule has 0 atom stereocenters. The number of benzene rings is 2. The molecule has 0 aliphatic carbocycles. The van der Waals surface area contributed by atoms with Crippen molar-refractivity contribution in [3.05, 3.63) is 60.4 Å². The Morgan fingerprint density at radius 1 is 1.00 bits per heavy atom. The number of piperazine rings is 1. The van der Waals surface area contributed by atoms with Crippen LogP contribution in [0.5, 0.6) is 5.75 Å². The fourth-order valence-electron chi connectivity index (χ4n) is 3.48. The van der Waals surface area contributed by atoms with Crippen LogP contribution in [0.4, 0.5) is 5.69 Å². The lowest BCUT2D eigenvalue weighted by atomic mass is 10.1. The first-order valence-corrected chi connectivity index (χ1v) is 9.23. The van der Waals surface area contributed by atoms with Gasteiger partial charge in [-0.15, -0.1) is 0 Å². The summed E-state index contributed by atoms with van der Waals surface area (Å²) in [5.74, 6) is 0.906. The van der Waals surface area contributed by atoms with Gasteiger partial charge in [-0.05, 0) is 31.2 Å². The molecule has 3 aromatic rings. The van der Waals surface area contributed by atoms with Gasteiger partial charge in [0.2, 0.25) is 0 Å². The van der Waals surface area contributed by atoms with Gasteiger partial charge in [0.15, 0.2) is 0 Å². The van der Waals surface area contributed by atoms with E-state index < -0.39 is 0 Å². The lowest BCUT2D eigenvalue weighted by Crippen LogP contribution is -2.49. The van der Waals surface area contributed by atoms with Gasteiger partial charge in [-0.25, -0.2) is 0 Å². The van der Waals surface area contributed by atoms with Gasteiger partial charge in [0.05, 0.1) is 23.4 Å². The number of hydrogen-bond acceptors (Lipinski definition) is 5. The summed E-state index contributed by atoms with van der Waals surface area (Å²) in [5.41, 5.74) is 3.10. The quantitative estimate of drug-likeness (QED) is 0.714. The van der Waals surface area contributed by atoms with Crippen molar-refractivity contribution in [1.82, 2.24) is 14.9 Å². The SMILES string of the molecule is CCOc1ccccc1N1CCN(C(=O)c2cccc3nccnc23)CC1. The number of hydrogen-bond donors (Lipinski definition) is 0. The van der Waals surface area contributed by atoms with E-state index in [0.717, 1.165) is 30.0 Å². The van der Waals surface area contributed by atoms with E-state index in [1.165, 1.54) is 0 Å². The van der Waals surface area contributed by atoms with E-state index in [1.54, 1.807) is 12.4 Å².